The van der Waals surface area contributed by atoms with Crippen molar-refractivity contribution in [3.8, 4) is 11.5 Å². The van der Waals surface area contributed by atoms with E-state index in [2.05, 4.69) is 22.8 Å². The van der Waals surface area contributed by atoms with Crippen molar-refractivity contribution in [2.75, 3.05) is 6.79 Å². The van der Waals surface area contributed by atoms with Crippen molar-refractivity contribution in [1.29, 1.82) is 0 Å². The van der Waals surface area contributed by atoms with Crippen LogP contribution in [0.5, 0.6) is 11.5 Å². The molecule has 3 aliphatic rings. The summed E-state index contributed by atoms with van der Waals surface area (Å²) in [4.78, 5) is 12.2. The van der Waals surface area contributed by atoms with Gasteiger partial charge in [0.05, 0.1) is 11.7 Å². The Bertz CT molecular complexity index is 888. The van der Waals surface area contributed by atoms with Gasteiger partial charge in [-0.15, -0.1) is 0 Å². The molecule has 5 heteroatoms. The summed E-state index contributed by atoms with van der Waals surface area (Å²) in [6, 6.07) is 13.8. The lowest BCUT2D eigenvalue weighted by molar-refractivity contribution is 0.174. The molecule has 24 heavy (non-hydrogen) atoms. The van der Waals surface area contributed by atoms with E-state index in [1.807, 2.05) is 30.3 Å². The molecule has 1 atom stereocenters. The molecule has 0 radical (unpaired) electrons. The zero-order chi connectivity index (χ0) is 16.1. The van der Waals surface area contributed by atoms with Crippen molar-refractivity contribution in [1.82, 2.24) is 10.6 Å². The maximum atomic E-state index is 12.2. The number of rotatable bonds is 1. The van der Waals surface area contributed by atoms with Crippen LogP contribution in [0.2, 0.25) is 0 Å². The normalized spacial score (nSPS) is 20.8. The number of carbonyl (C=O) groups is 1. The minimum atomic E-state index is -0.173. The van der Waals surface area contributed by atoms with Gasteiger partial charge in [-0.3, -0.25) is 0 Å². The Morgan fingerprint density at radius 2 is 1.88 bits per heavy atom. The van der Waals surface area contributed by atoms with E-state index in [0.29, 0.717) is 0 Å². The van der Waals surface area contributed by atoms with Gasteiger partial charge >= 0.3 is 6.03 Å². The SMILES string of the molecule is O=C1NC2=C(CCc3ccccc32)C(c2ccc3c(c2)OCO3)N1. The molecule has 2 aromatic carbocycles. The number of benzene rings is 2. The summed E-state index contributed by atoms with van der Waals surface area (Å²) in [5, 5.41) is 6.05. The van der Waals surface area contributed by atoms with Crippen LogP contribution in [0, 0.1) is 0 Å². The Kier molecular flexibility index (Phi) is 2.82. The molecule has 0 spiro atoms. The minimum absolute atomic E-state index is 0.142. The first-order valence-corrected chi connectivity index (χ1v) is 8.08. The number of carbonyl (C=O) groups excluding carboxylic acids is 1. The predicted molar refractivity (Wildman–Crippen MR) is 88.7 cm³/mol. The van der Waals surface area contributed by atoms with Crippen LogP contribution >= 0.6 is 0 Å². The van der Waals surface area contributed by atoms with E-state index in [0.717, 1.165) is 41.2 Å². The van der Waals surface area contributed by atoms with E-state index >= 15 is 0 Å². The van der Waals surface area contributed by atoms with Gasteiger partial charge in [-0.1, -0.05) is 30.3 Å². The average Bonchev–Trinajstić information content (AvgIpc) is 3.08. The lowest BCUT2D eigenvalue weighted by atomic mass is 9.83. The zero-order valence-corrected chi connectivity index (χ0v) is 13.0. The summed E-state index contributed by atoms with van der Waals surface area (Å²) in [5.41, 5.74) is 5.58. The fourth-order valence-electron chi connectivity index (χ4n) is 3.73. The third kappa shape index (κ3) is 1.98. The average molecular weight is 320 g/mol. The summed E-state index contributed by atoms with van der Waals surface area (Å²) >= 11 is 0. The highest BCUT2D eigenvalue weighted by Crippen LogP contribution is 2.41. The fourth-order valence-corrected chi connectivity index (χ4v) is 3.73. The van der Waals surface area contributed by atoms with E-state index in [4.69, 9.17) is 9.47 Å². The third-order valence-electron chi connectivity index (χ3n) is 4.86. The molecule has 2 aliphatic heterocycles. The van der Waals surface area contributed by atoms with Gasteiger partial charge in [0.2, 0.25) is 6.79 Å². The van der Waals surface area contributed by atoms with Crippen LogP contribution in [0.3, 0.4) is 0 Å². The molecule has 0 saturated carbocycles. The van der Waals surface area contributed by atoms with Crippen LogP contribution < -0.4 is 20.1 Å². The topological polar surface area (TPSA) is 59.6 Å². The lowest BCUT2D eigenvalue weighted by Gasteiger charge is -2.34. The van der Waals surface area contributed by atoms with Crippen molar-refractivity contribution in [3.63, 3.8) is 0 Å². The molecule has 1 aliphatic carbocycles. The zero-order valence-electron chi connectivity index (χ0n) is 13.0. The largest absolute Gasteiger partial charge is 0.454 e. The molecular formula is C19H16N2O3. The van der Waals surface area contributed by atoms with Crippen LogP contribution in [0.4, 0.5) is 4.79 Å². The van der Waals surface area contributed by atoms with Crippen LogP contribution in [-0.2, 0) is 6.42 Å². The van der Waals surface area contributed by atoms with Crippen molar-refractivity contribution < 1.29 is 14.3 Å². The molecular weight excluding hydrogens is 304 g/mol. The second-order valence-corrected chi connectivity index (χ2v) is 6.20. The molecule has 0 fully saturated rings. The van der Waals surface area contributed by atoms with Crippen molar-refractivity contribution in [2.45, 2.75) is 18.9 Å². The number of nitrogens with one attached hydrogen (secondary N) is 2. The Balaban J connectivity index is 1.63. The maximum Gasteiger partial charge on any atom is 0.319 e. The molecule has 1 unspecified atom stereocenters. The number of hydrogen-bond donors (Lipinski definition) is 2. The second-order valence-electron chi connectivity index (χ2n) is 6.20. The van der Waals surface area contributed by atoms with E-state index in [9.17, 15) is 4.79 Å². The van der Waals surface area contributed by atoms with E-state index in [-0.39, 0.29) is 18.9 Å². The van der Waals surface area contributed by atoms with Crippen LogP contribution in [0.25, 0.3) is 5.70 Å². The van der Waals surface area contributed by atoms with Gasteiger partial charge in [0.15, 0.2) is 11.5 Å². The van der Waals surface area contributed by atoms with Gasteiger partial charge in [0, 0.05) is 5.56 Å². The number of ether oxygens (including phenoxy) is 2. The molecule has 2 heterocycles. The van der Waals surface area contributed by atoms with Crippen LogP contribution in [0.1, 0.15) is 29.2 Å². The van der Waals surface area contributed by atoms with E-state index in [1.165, 1.54) is 11.1 Å². The highest BCUT2D eigenvalue weighted by atomic mass is 16.7. The molecule has 0 aromatic heterocycles. The van der Waals surface area contributed by atoms with Crippen molar-refractivity contribution in [2.24, 2.45) is 0 Å². The molecule has 2 aromatic rings. The quantitative estimate of drug-likeness (QED) is 0.849. The smallest absolute Gasteiger partial charge is 0.319 e. The molecule has 5 rings (SSSR count). The molecule has 0 bridgehead atoms. The summed E-state index contributed by atoms with van der Waals surface area (Å²) in [6.07, 6.45) is 1.90. The Hall–Kier alpha value is -2.95. The van der Waals surface area contributed by atoms with Gasteiger partial charge < -0.3 is 20.1 Å². The Labute approximate surface area is 139 Å². The monoisotopic (exact) mass is 320 g/mol. The van der Waals surface area contributed by atoms with Gasteiger partial charge in [0.25, 0.3) is 0 Å². The number of aryl methyl sites for hydroxylation is 1. The summed E-state index contributed by atoms with van der Waals surface area (Å²) in [6.45, 7) is 0.249. The van der Waals surface area contributed by atoms with Crippen molar-refractivity contribution >= 4 is 11.7 Å². The van der Waals surface area contributed by atoms with Gasteiger partial charge in [-0.2, -0.15) is 0 Å². The predicted octanol–water partition coefficient (Wildman–Crippen LogP) is 3.13. The van der Waals surface area contributed by atoms with Crippen LogP contribution in [0.15, 0.2) is 48.0 Å². The first-order valence-electron chi connectivity index (χ1n) is 8.08. The van der Waals surface area contributed by atoms with Gasteiger partial charge in [0.1, 0.15) is 0 Å². The Morgan fingerprint density at radius 3 is 2.83 bits per heavy atom. The number of urea groups is 1. The second kappa shape index (κ2) is 5.03. The Morgan fingerprint density at radius 1 is 1.00 bits per heavy atom. The number of amides is 2. The summed E-state index contributed by atoms with van der Waals surface area (Å²) in [7, 11) is 0. The van der Waals surface area contributed by atoms with E-state index in [1.54, 1.807) is 0 Å². The van der Waals surface area contributed by atoms with Crippen LogP contribution in [-0.4, -0.2) is 12.8 Å². The first-order chi connectivity index (χ1) is 11.8. The fraction of sp³-hybridized carbons (Fsp3) is 0.211. The highest BCUT2D eigenvalue weighted by Gasteiger charge is 2.32. The summed E-state index contributed by atoms with van der Waals surface area (Å²) < 4.78 is 10.9. The first kappa shape index (κ1) is 13.5. The molecule has 2 N–H and O–H groups in total. The maximum absolute atomic E-state index is 12.2. The highest BCUT2D eigenvalue weighted by molar-refractivity contribution is 5.91. The molecule has 0 saturated heterocycles. The van der Waals surface area contributed by atoms with Gasteiger partial charge in [-0.25, -0.2) is 4.79 Å². The number of hydrogen-bond acceptors (Lipinski definition) is 3. The molecule has 2 amide bonds. The standard InChI is InChI=1S/C19H16N2O3/c22-19-20-17(12-6-8-15-16(9-12)24-10-23-15)14-7-5-11-3-1-2-4-13(11)18(14)21-19/h1-4,6,8-9,17H,5,7,10H2,(H2,20,21,22). The number of fused-ring (bicyclic) bond motifs is 3. The molecule has 120 valence electrons. The summed E-state index contributed by atoms with van der Waals surface area (Å²) in [5.74, 6) is 1.49. The lowest BCUT2D eigenvalue weighted by Crippen LogP contribution is -2.44. The van der Waals surface area contributed by atoms with E-state index < -0.39 is 0 Å². The van der Waals surface area contributed by atoms with Crippen molar-refractivity contribution in [3.05, 3.63) is 64.7 Å². The molecule has 5 nitrogen and oxygen atoms in total. The minimum Gasteiger partial charge on any atom is -0.454 e. The third-order valence-corrected chi connectivity index (χ3v) is 4.86. The van der Waals surface area contributed by atoms with Gasteiger partial charge in [-0.05, 0) is 41.7 Å².